The smallest absolute Gasteiger partial charge is 0.358 e. The van der Waals surface area contributed by atoms with Crippen molar-refractivity contribution in [2.75, 3.05) is 0 Å². The van der Waals surface area contributed by atoms with Crippen molar-refractivity contribution < 1.29 is 262 Å². The SMILES string of the molecule is CC.[CH3-].[CH3-].[CH3-].[CH3-].[Y+3].[Y].[Y].[Y].[Y].[Y].[Y].[Y]. The summed E-state index contributed by atoms with van der Waals surface area (Å²) in [5, 5.41) is 0. The monoisotopic (exact) mass is 801 g/mol. The van der Waals surface area contributed by atoms with E-state index in [-0.39, 0.29) is 291 Å². The van der Waals surface area contributed by atoms with Gasteiger partial charge in [-0.3, -0.25) is 0 Å². The van der Waals surface area contributed by atoms with Crippen LogP contribution >= 0.6 is 0 Å². The summed E-state index contributed by atoms with van der Waals surface area (Å²) in [7, 11) is 0. The Hall–Kier alpha value is 8.83. The molecule has 0 heterocycles. The van der Waals surface area contributed by atoms with Gasteiger partial charge in [0.25, 0.3) is 0 Å². The molecule has 0 rings (SSSR count). The maximum atomic E-state index is 2.00. The fourth-order valence-electron chi connectivity index (χ4n) is 0. The van der Waals surface area contributed by atoms with Crippen LogP contribution in [0.5, 0.6) is 0 Å². The van der Waals surface area contributed by atoms with Crippen LogP contribution in [0.15, 0.2) is 0 Å². The Kier molecular flexibility index (Phi) is 977. The summed E-state index contributed by atoms with van der Waals surface area (Å²) in [5.41, 5.74) is 0. The van der Waals surface area contributed by atoms with Crippen LogP contribution < -0.4 is 0 Å². The molecule has 0 amide bonds. The summed E-state index contributed by atoms with van der Waals surface area (Å²) in [5.74, 6) is 0. The van der Waals surface area contributed by atoms with Gasteiger partial charge in [0.2, 0.25) is 0 Å². The number of rotatable bonds is 0. The van der Waals surface area contributed by atoms with E-state index in [2.05, 4.69) is 0 Å². The van der Waals surface area contributed by atoms with Crippen molar-refractivity contribution in [3.8, 4) is 0 Å². The van der Waals surface area contributed by atoms with E-state index in [1.54, 1.807) is 0 Å². The third kappa shape index (κ3) is 105. The Morgan fingerprint density at radius 1 is 0.357 bits per heavy atom. The molecule has 0 aromatic heterocycles. The average molecular weight is 801 g/mol. The topological polar surface area (TPSA) is 0 Å². The fraction of sp³-hybridized carbons (Fsp3) is 0.333. The van der Waals surface area contributed by atoms with Crippen molar-refractivity contribution in [3.05, 3.63) is 29.7 Å². The quantitative estimate of drug-likeness (QED) is 0.331. The second-order valence-electron chi connectivity index (χ2n) is 0. The maximum Gasteiger partial charge on any atom is 3.00 e. The van der Waals surface area contributed by atoms with Crippen LogP contribution in [0, 0.1) is 29.7 Å². The molecule has 0 aliphatic heterocycles. The molecule has 0 atom stereocenters. The van der Waals surface area contributed by atoms with Crippen molar-refractivity contribution >= 4 is 0 Å². The molecule has 0 aliphatic carbocycles. The molecule has 67 valence electrons. The molecule has 0 bridgehead atoms. The van der Waals surface area contributed by atoms with Crippen molar-refractivity contribution in [3.63, 3.8) is 0 Å². The van der Waals surface area contributed by atoms with E-state index in [1.165, 1.54) is 0 Å². The predicted molar refractivity (Wildman–Crippen MR) is 37.0 cm³/mol. The Morgan fingerprint density at radius 2 is 0.357 bits per heavy atom. The van der Waals surface area contributed by atoms with Crippen LogP contribution in [0.25, 0.3) is 0 Å². The molecule has 0 saturated heterocycles. The third-order valence-electron chi connectivity index (χ3n) is 0. The van der Waals surface area contributed by atoms with E-state index in [0.29, 0.717) is 0 Å². The first-order chi connectivity index (χ1) is 1.00. The molecule has 0 saturated carbocycles. The molecule has 7 radical (unpaired) electrons. The van der Waals surface area contributed by atoms with E-state index in [0.717, 1.165) is 0 Å². The van der Waals surface area contributed by atoms with E-state index in [4.69, 9.17) is 0 Å². The minimum absolute atomic E-state index is 0. The minimum Gasteiger partial charge on any atom is -0.358 e. The summed E-state index contributed by atoms with van der Waals surface area (Å²) in [6, 6.07) is 0. The fourth-order valence-corrected chi connectivity index (χ4v) is 0. The zero-order valence-corrected chi connectivity index (χ0v) is 33.3. The summed E-state index contributed by atoms with van der Waals surface area (Å²) in [6.45, 7) is 4.00. The van der Waals surface area contributed by atoms with Crippen LogP contribution in [-0.4, -0.2) is 0 Å². The van der Waals surface area contributed by atoms with Crippen molar-refractivity contribution in [2.24, 2.45) is 0 Å². The van der Waals surface area contributed by atoms with Gasteiger partial charge in [0.05, 0.1) is 0 Å². The summed E-state index contributed by atoms with van der Waals surface area (Å²) < 4.78 is 0. The van der Waals surface area contributed by atoms with Gasteiger partial charge in [-0.1, -0.05) is 13.8 Å². The normalized spacial score (nSPS) is 0.429. The van der Waals surface area contributed by atoms with Gasteiger partial charge < -0.3 is 29.7 Å². The molecule has 0 N–H and O–H groups in total. The van der Waals surface area contributed by atoms with Gasteiger partial charge in [-0.2, -0.15) is 0 Å². The van der Waals surface area contributed by atoms with Gasteiger partial charge in [-0.25, -0.2) is 0 Å². The Morgan fingerprint density at radius 3 is 0.357 bits per heavy atom. The second kappa shape index (κ2) is 121. The third-order valence-corrected chi connectivity index (χ3v) is 0. The Labute approximate surface area is 296 Å². The van der Waals surface area contributed by atoms with E-state index < -0.39 is 0 Å². The first kappa shape index (κ1) is 113. The van der Waals surface area contributed by atoms with E-state index in [1.807, 2.05) is 13.8 Å². The molecule has 8 heteroatoms. The first-order valence-corrected chi connectivity index (χ1v) is 1.00. The molecular weight excluding hydrogens is 783 g/mol. The van der Waals surface area contributed by atoms with Crippen LogP contribution in [0.3, 0.4) is 0 Å². The van der Waals surface area contributed by atoms with Crippen LogP contribution in [0.4, 0.5) is 0 Å². The average Bonchev–Trinajstić information content (AvgIpc) is 1.00. The predicted octanol–water partition coefficient (Wildman–Crippen LogP) is 2.81. The zero-order valence-electron chi connectivity index (χ0n) is 10.6. The maximum absolute atomic E-state index is 2.00. The van der Waals surface area contributed by atoms with Crippen molar-refractivity contribution in [2.45, 2.75) is 13.8 Å². The van der Waals surface area contributed by atoms with Gasteiger partial charge in [0, 0.05) is 229 Å². The summed E-state index contributed by atoms with van der Waals surface area (Å²) >= 11 is 0. The standard InChI is InChI=1S/C2H6.4CH3.8Y/c1-2;;;;;;;;;;;;/h1-2H3;4*1H3;;;;;;;;/q;4*-1;;;;;;;;+3. The minimum atomic E-state index is 0. The van der Waals surface area contributed by atoms with Crippen LogP contribution in [0.1, 0.15) is 13.8 Å². The summed E-state index contributed by atoms with van der Waals surface area (Å²) in [6.07, 6.45) is 0. The van der Waals surface area contributed by atoms with E-state index >= 15 is 0 Å². The molecule has 0 fully saturated rings. The number of hydrogen-bond donors (Lipinski definition) is 0. The molecule has 0 aliphatic rings. The zero-order chi connectivity index (χ0) is 2.00. The van der Waals surface area contributed by atoms with Gasteiger partial charge >= 0.3 is 32.7 Å². The Balaban J connectivity index is -0.0000000000758. The van der Waals surface area contributed by atoms with Crippen LogP contribution in [0.2, 0.25) is 0 Å². The second-order valence-corrected chi connectivity index (χ2v) is 0. The molecule has 0 aromatic rings. The molecule has 0 aromatic carbocycles. The molecule has 0 spiro atoms. The van der Waals surface area contributed by atoms with Gasteiger partial charge in [0.1, 0.15) is 0 Å². The van der Waals surface area contributed by atoms with Crippen LogP contribution in [-0.2, 0) is 262 Å². The number of hydrogen-bond acceptors (Lipinski definition) is 0. The summed E-state index contributed by atoms with van der Waals surface area (Å²) in [4.78, 5) is 0. The Bertz CT molecular complexity index is 13.8. The molecule has 0 nitrogen and oxygen atoms in total. The van der Waals surface area contributed by atoms with Crippen molar-refractivity contribution in [1.82, 2.24) is 0 Å². The largest absolute Gasteiger partial charge is 3.00 e. The first-order valence-electron chi connectivity index (χ1n) is 1.00. The molecular formula is C6H18Y8-. The van der Waals surface area contributed by atoms with Crippen molar-refractivity contribution in [1.29, 1.82) is 0 Å². The molecule has 14 heavy (non-hydrogen) atoms. The van der Waals surface area contributed by atoms with Gasteiger partial charge in [-0.15, -0.1) is 0 Å². The van der Waals surface area contributed by atoms with Gasteiger partial charge in [-0.05, 0) is 0 Å². The molecule has 0 unspecified atom stereocenters. The van der Waals surface area contributed by atoms with E-state index in [9.17, 15) is 0 Å². The van der Waals surface area contributed by atoms with Gasteiger partial charge in [0.15, 0.2) is 0 Å².